The molecule has 26 heavy (non-hydrogen) atoms. The summed E-state index contributed by atoms with van der Waals surface area (Å²) >= 11 is 0. The van der Waals surface area contributed by atoms with Gasteiger partial charge in [0.1, 0.15) is 5.75 Å². The number of ether oxygens (including phenoxy) is 1. The first kappa shape index (κ1) is 18.4. The highest BCUT2D eigenvalue weighted by Crippen LogP contribution is 2.21. The van der Waals surface area contributed by atoms with E-state index in [1.54, 1.807) is 24.5 Å². The van der Waals surface area contributed by atoms with Crippen LogP contribution in [0.4, 0.5) is 0 Å². The van der Waals surface area contributed by atoms with Crippen LogP contribution >= 0.6 is 0 Å². The van der Waals surface area contributed by atoms with Crippen LogP contribution in [-0.4, -0.2) is 53.2 Å². The number of nitrogens with one attached hydrogen (secondary N) is 1. The molecule has 0 radical (unpaired) electrons. The zero-order valence-electron chi connectivity index (χ0n) is 15.0. The summed E-state index contributed by atoms with van der Waals surface area (Å²) in [5.41, 5.74) is 1.69. The van der Waals surface area contributed by atoms with Crippen LogP contribution in [0.3, 0.4) is 0 Å². The predicted molar refractivity (Wildman–Crippen MR) is 99.0 cm³/mol. The molecule has 1 amide bonds. The molecule has 1 aromatic carbocycles. The number of pyridine rings is 1. The topological polar surface area (TPSA) is 74.7 Å². The SMILES string of the molecule is CCOc1cccc(CN2C[C@@H](CO)[C@H](NC(=O)c3cccnc3)C2)c1. The zero-order valence-corrected chi connectivity index (χ0v) is 15.0. The number of benzene rings is 1. The molecule has 6 heteroatoms. The molecule has 0 bridgehead atoms. The summed E-state index contributed by atoms with van der Waals surface area (Å²) in [6, 6.07) is 11.4. The molecule has 0 unspecified atom stereocenters. The van der Waals surface area contributed by atoms with Crippen molar-refractivity contribution < 1.29 is 14.6 Å². The molecule has 1 aliphatic heterocycles. The minimum absolute atomic E-state index is 0.0192. The van der Waals surface area contributed by atoms with Crippen molar-refractivity contribution in [1.82, 2.24) is 15.2 Å². The van der Waals surface area contributed by atoms with Crippen molar-refractivity contribution in [3.63, 3.8) is 0 Å². The lowest BCUT2D eigenvalue weighted by Gasteiger charge is -2.18. The molecule has 1 saturated heterocycles. The van der Waals surface area contributed by atoms with Crippen LogP contribution in [0.2, 0.25) is 0 Å². The number of rotatable bonds is 7. The normalized spacial score (nSPS) is 20.1. The molecular formula is C20H25N3O3. The zero-order chi connectivity index (χ0) is 18.4. The molecule has 0 spiro atoms. The first-order valence-corrected chi connectivity index (χ1v) is 8.95. The molecule has 138 valence electrons. The van der Waals surface area contributed by atoms with Crippen LogP contribution in [-0.2, 0) is 6.54 Å². The highest BCUT2D eigenvalue weighted by molar-refractivity contribution is 5.94. The molecule has 6 nitrogen and oxygen atoms in total. The Morgan fingerprint density at radius 2 is 2.23 bits per heavy atom. The molecule has 2 atom stereocenters. The second-order valence-corrected chi connectivity index (χ2v) is 6.54. The monoisotopic (exact) mass is 355 g/mol. The number of amides is 1. The van der Waals surface area contributed by atoms with Gasteiger partial charge in [0, 0.05) is 50.6 Å². The van der Waals surface area contributed by atoms with Gasteiger partial charge in [-0.3, -0.25) is 14.7 Å². The Kier molecular flexibility index (Phi) is 6.20. The van der Waals surface area contributed by atoms with E-state index in [1.165, 1.54) is 0 Å². The molecule has 1 aliphatic rings. The Bertz CT molecular complexity index is 723. The van der Waals surface area contributed by atoms with Gasteiger partial charge in [-0.15, -0.1) is 0 Å². The Hall–Kier alpha value is -2.44. The summed E-state index contributed by atoms with van der Waals surface area (Å²) in [6.07, 6.45) is 3.19. The minimum Gasteiger partial charge on any atom is -0.494 e. The van der Waals surface area contributed by atoms with Gasteiger partial charge in [0.15, 0.2) is 0 Å². The van der Waals surface area contributed by atoms with E-state index in [1.807, 2.05) is 25.1 Å². The maximum Gasteiger partial charge on any atom is 0.253 e. The van der Waals surface area contributed by atoms with E-state index in [-0.39, 0.29) is 24.5 Å². The number of likely N-dealkylation sites (tertiary alicyclic amines) is 1. The molecular weight excluding hydrogens is 330 g/mol. The fourth-order valence-electron chi connectivity index (χ4n) is 3.35. The predicted octanol–water partition coefficient (Wildman–Crippen LogP) is 1.70. The van der Waals surface area contributed by atoms with E-state index in [9.17, 15) is 9.90 Å². The summed E-state index contributed by atoms with van der Waals surface area (Å²) in [5, 5.41) is 12.7. The van der Waals surface area contributed by atoms with Crippen molar-refractivity contribution in [2.45, 2.75) is 19.5 Å². The number of nitrogens with zero attached hydrogens (tertiary/aromatic N) is 2. The number of carbonyl (C=O) groups is 1. The van der Waals surface area contributed by atoms with Crippen molar-refractivity contribution in [3.05, 3.63) is 59.9 Å². The molecule has 0 saturated carbocycles. The molecule has 1 aromatic heterocycles. The van der Waals surface area contributed by atoms with Crippen LogP contribution in [0.1, 0.15) is 22.8 Å². The third kappa shape index (κ3) is 4.59. The number of aliphatic hydroxyl groups excluding tert-OH is 1. The molecule has 2 aromatic rings. The summed E-state index contributed by atoms with van der Waals surface area (Å²) in [6.45, 7) is 4.87. The van der Waals surface area contributed by atoms with Gasteiger partial charge in [-0.05, 0) is 36.8 Å². The Labute approximate surface area is 153 Å². The first-order chi connectivity index (χ1) is 12.7. The molecule has 0 aliphatic carbocycles. The quantitative estimate of drug-likeness (QED) is 0.791. The highest BCUT2D eigenvalue weighted by atomic mass is 16.5. The van der Waals surface area contributed by atoms with Crippen molar-refractivity contribution >= 4 is 5.91 Å². The van der Waals surface area contributed by atoms with E-state index in [0.29, 0.717) is 18.7 Å². The standard InChI is InChI=1S/C20H25N3O3/c1-2-26-18-7-3-5-15(9-18)11-23-12-17(14-24)19(13-23)22-20(25)16-6-4-8-21-10-16/h3-10,17,19,24H,2,11-14H2,1H3,(H,22,25)/t17-,19+/m0/s1. The van der Waals surface area contributed by atoms with Gasteiger partial charge >= 0.3 is 0 Å². The number of carbonyl (C=O) groups excluding carboxylic acids is 1. The Balaban J connectivity index is 1.61. The van der Waals surface area contributed by atoms with Gasteiger partial charge in [0.2, 0.25) is 0 Å². The van der Waals surface area contributed by atoms with E-state index in [2.05, 4.69) is 21.3 Å². The van der Waals surface area contributed by atoms with Gasteiger partial charge in [-0.2, -0.15) is 0 Å². The number of hydrogen-bond donors (Lipinski definition) is 2. The van der Waals surface area contributed by atoms with Crippen molar-refractivity contribution in [1.29, 1.82) is 0 Å². The van der Waals surface area contributed by atoms with Gasteiger partial charge in [0.05, 0.1) is 12.2 Å². The van der Waals surface area contributed by atoms with E-state index < -0.39 is 0 Å². The molecule has 3 rings (SSSR count). The first-order valence-electron chi connectivity index (χ1n) is 8.95. The average molecular weight is 355 g/mol. The third-order valence-corrected chi connectivity index (χ3v) is 4.61. The smallest absolute Gasteiger partial charge is 0.253 e. The summed E-state index contributed by atoms with van der Waals surface area (Å²) in [5.74, 6) is 0.733. The highest BCUT2D eigenvalue weighted by Gasteiger charge is 2.33. The Morgan fingerprint density at radius 3 is 2.96 bits per heavy atom. The van der Waals surface area contributed by atoms with Crippen LogP contribution < -0.4 is 10.1 Å². The lowest BCUT2D eigenvalue weighted by molar-refractivity contribution is 0.0920. The average Bonchev–Trinajstić information content (AvgIpc) is 3.04. The van der Waals surface area contributed by atoms with E-state index in [0.717, 1.165) is 24.4 Å². The molecule has 2 N–H and O–H groups in total. The number of aliphatic hydroxyl groups is 1. The number of hydrogen-bond acceptors (Lipinski definition) is 5. The largest absolute Gasteiger partial charge is 0.494 e. The van der Waals surface area contributed by atoms with Crippen molar-refractivity contribution in [3.8, 4) is 5.75 Å². The lowest BCUT2D eigenvalue weighted by Crippen LogP contribution is -2.41. The lowest BCUT2D eigenvalue weighted by atomic mass is 10.0. The van der Waals surface area contributed by atoms with Gasteiger partial charge < -0.3 is 15.2 Å². The maximum absolute atomic E-state index is 12.4. The van der Waals surface area contributed by atoms with Gasteiger partial charge in [0.25, 0.3) is 5.91 Å². The van der Waals surface area contributed by atoms with Gasteiger partial charge in [-0.25, -0.2) is 0 Å². The summed E-state index contributed by atoms with van der Waals surface area (Å²) in [7, 11) is 0. The van der Waals surface area contributed by atoms with E-state index in [4.69, 9.17) is 4.74 Å². The molecule has 1 fully saturated rings. The second kappa shape index (κ2) is 8.78. The summed E-state index contributed by atoms with van der Waals surface area (Å²) < 4.78 is 5.55. The third-order valence-electron chi connectivity index (χ3n) is 4.61. The number of aromatic nitrogens is 1. The maximum atomic E-state index is 12.4. The summed E-state index contributed by atoms with van der Waals surface area (Å²) in [4.78, 5) is 18.6. The second-order valence-electron chi connectivity index (χ2n) is 6.54. The molecule has 2 heterocycles. The fourth-order valence-corrected chi connectivity index (χ4v) is 3.35. The van der Waals surface area contributed by atoms with E-state index >= 15 is 0 Å². The van der Waals surface area contributed by atoms with Crippen LogP contribution in [0.5, 0.6) is 5.75 Å². The van der Waals surface area contributed by atoms with Crippen LogP contribution in [0.15, 0.2) is 48.8 Å². The van der Waals surface area contributed by atoms with Crippen LogP contribution in [0.25, 0.3) is 0 Å². The minimum atomic E-state index is -0.151. The van der Waals surface area contributed by atoms with Crippen molar-refractivity contribution in [2.24, 2.45) is 5.92 Å². The Morgan fingerprint density at radius 1 is 1.35 bits per heavy atom. The van der Waals surface area contributed by atoms with Crippen molar-refractivity contribution in [2.75, 3.05) is 26.3 Å². The van der Waals surface area contributed by atoms with Gasteiger partial charge in [-0.1, -0.05) is 12.1 Å². The van der Waals surface area contributed by atoms with Crippen LogP contribution in [0, 0.1) is 5.92 Å². The fraction of sp³-hybridized carbons (Fsp3) is 0.400.